The maximum absolute atomic E-state index is 5.16. The van der Waals surface area contributed by atoms with Gasteiger partial charge in [-0.05, 0) is 20.8 Å². The van der Waals surface area contributed by atoms with E-state index in [-0.39, 0.29) is 5.54 Å². The lowest BCUT2D eigenvalue weighted by Gasteiger charge is -2.21. The van der Waals surface area contributed by atoms with Crippen LogP contribution in [0.5, 0.6) is 0 Å². The number of rotatable bonds is 1. The highest BCUT2D eigenvalue weighted by atomic mass is 32.1. The van der Waals surface area contributed by atoms with Crippen LogP contribution in [0.4, 0.5) is 0 Å². The quantitative estimate of drug-likeness (QED) is 0.690. The Morgan fingerprint density at radius 3 is 2.54 bits per heavy atom. The Hall–Kier alpha value is -1.03. The van der Waals surface area contributed by atoms with Crippen LogP contribution in [-0.2, 0) is 0 Å². The van der Waals surface area contributed by atoms with Crippen molar-refractivity contribution in [3.8, 4) is 0 Å². The highest BCUT2D eigenvalue weighted by molar-refractivity contribution is 7.80. The molecule has 0 unspecified atom stereocenters. The maximum atomic E-state index is 5.16. The summed E-state index contributed by atoms with van der Waals surface area (Å²) in [6, 6.07) is 0. The predicted molar refractivity (Wildman–Crippen MR) is 56.6 cm³/mol. The summed E-state index contributed by atoms with van der Waals surface area (Å²) in [5.74, 6) is 0. The fraction of sp³-hybridized carbons (Fsp3) is 0.444. The molecular formula is C9H13N3S. The van der Waals surface area contributed by atoms with Crippen LogP contribution in [0, 0.1) is 0 Å². The summed E-state index contributed by atoms with van der Waals surface area (Å²) in [7, 11) is 0. The van der Waals surface area contributed by atoms with Gasteiger partial charge in [0.2, 0.25) is 0 Å². The van der Waals surface area contributed by atoms with E-state index in [1.54, 1.807) is 18.6 Å². The zero-order valence-electron chi connectivity index (χ0n) is 8.03. The standard InChI is InChI=1S/C9H13N3S/c1-9(2,3)12-8(13)7-6-10-4-5-11-7/h4-6H,1-3H3,(H,12,13). The molecule has 1 aromatic rings. The summed E-state index contributed by atoms with van der Waals surface area (Å²) in [6.45, 7) is 6.15. The minimum atomic E-state index is -0.0331. The first kappa shape index (κ1) is 10.1. The number of hydrogen-bond donors (Lipinski definition) is 1. The first-order valence-electron chi connectivity index (χ1n) is 4.07. The maximum Gasteiger partial charge on any atom is 0.127 e. The first-order chi connectivity index (χ1) is 5.99. The number of aromatic nitrogens is 2. The molecule has 0 atom stereocenters. The Kier molecular flexibility index (Phi) is 2.93. The number of nitrogens with one attached hydrogen (secondary N) is 1. The van der Waals surface area contributed by atoms with Crippen LogP contribution in [0.2, 0.25) is 0 Å². The van der Waals surface area contributed by atoms with Crippen LogP contribution in [0.15, 0.2) is 18.6 Å². The molecule has 13 heavy (non-hydrogen) atoms. The summed E-state index contributed by atoms with van der Waals surface area (Å²) < 4.78 is 0. The molecule has 0 aliphatic rings. The molecule has 1 N–H and O–H groups in total. The molecule has 0 fully saturated rings. The van der Waals surface area contributed by atoms with Crippen molar-refractivity contribution in [1.29, 1.82) is 0 Å². The van der Waals surface area contributed by atoms with Crippen molar-refractivity contribution in [3.05, 3.63) is 24.3 Å². The number of thiocarbonyl (C=S) groups is 1. The first-order valence-corrected chi connectivity index (χ1v) is 4.48. The summed E-state index contributed by atoms with van der Waals surface area (Å²) in [6.07, 6.45) is 4.91. The normalized spacial score (nSPS) is 11.0. The molecule has 0 amide bonds. The Labute approximate surface area is 83.6 Å². The van der Waals surface area contributed by atoms with Crippen molar-refractivity contribution in [2.24, 2.45) is 0 Å². The van der Waals surface area contributed by atoms with Crippen LogP contribution in [0.3, 0.4) is 0 Å². The Bertz CT molecular complexity index is 289. The van der Waals surface area contributed by atoms with Crippen LogP contribution < -0.4 is 5.32 Å². The van der Waals surface area contributed by atoms with Gasteiger partial charge >= 0.3 is 0 Å². The highest BCUT2D eigenvalue weighted by Crippen LogP contribution is 2.02. The molecule has 1 aromatic heterocycles. The van der Waals surface area contributed by atoms with Gasteiger partial charge in [-0.25, -0.2) is 0 Å². The molecule has 0 aliphatic heterocycles. The summed E-state index contributed by atoms with van der Waals surface area (Å²) in [4.78, 5) is 8.68. The third-order valence-corrected chi connectivity index (χ3v) is 1.60. The molecule has 0 aliphatic carbocycles. The van der Waals surface area contributed by atoms with E-state index in [1.165, 1.54) is 0 Å². The van der Waals surface area contributed by atoms with Gasteiger partial charge in [-0.2, -0.15) is 0 Å². The van der Waals surface area contributed by atoms with Crippen LogP contribution in [-0.4, -0.2) is 20.5 Å². The van der Waals surface area contributed by atoms with Crippen LogP contribution in [0.1, 0.15) is 26.5 Å². The van der Waals surface area contributed by atoms with Gasteiger partial charge in [-0.1, -0.05) is 12.2 Å². The Balaban J connectivity index is 2.71. The van der Waals surface area contributed by atoms with Crippen molar-refractivity contribution >= 4 is 17.2 Å². The van der Waals surface area contributed by atoms with Crippen LogP contribution >= 0.6 is 12.2 Å². The lowest BCUT2D eigenvalue weighted by Crippen LogP contribution is -2.40. The van der Waals surface area contributed by atoms with Crippen molar-refractivity contribution in [1.82, 2.24) is 15.3 Å². The Morgan fingerprint density at radius 2 is 2.08 bits per heavy atom. The smallest absolute Gasteiger partial charge is 0.127 e. The van der Waals surface area contributed by atoms with Gasteiger partial charge in [0.05, 0.1) is 6.20 Å². The molecule has 0 aromatic carbocycles. The topological polar surface area (TPSA) is 37.8 Å². The third kappa shape index (κ3) is 3.46. The van der Waals surface area contributed by atoms with E-state index < -0.39 is 0 Å². The van der Waals surface area contributed by atoms with Gasteiger partial charge in [-0.15, -0.1) is 0 Å². The van der Waals surface area contributed by atoms with E-state index in [0.717, 1.165) is 0 Å². The molecule has 0 radical (unpaired) electrons. The monoisotopic (exact) mass is 195 g/mol. The lowest BCUT2D eigenvalue weighted by molar-refractivity contribution is 0.515. The van der Waals surface area contributed by atoms with Gasteiger partial charge in [0, 0.05) is 17.9 Å². The second-order valence-corrected chi connectivity index (χ2v) is 4.20. The molecule has 1 heterocycles. The zero-order chi connectivity index (χ0) is 9.90. The van der Waals surface area contributed by atoms with E-state index in [2.05, 4.69) is 36.1 Å². The summed E-state index contributed by atoms with van der Waals surface area (Å²) >= 11 is 5.16. The van der Waals surface area contributed by atoms with E-state index in [9.17, 15) is 0 Å². The average Bonchev–Trinajstić information content (AvgIpc) is 2.03. The SMILES string of the molecule is CC(C)(C)NC(=S)c1cnccn1. The second kappa shape index (κ2) is 3.79. The molecule has 3 nitrogen and oxygen atoms in total. The lowest BCUT2D eigenvalue weighted by atomic mass is 10.1. The van der Waals surface area contributed by atoms with Gasteiger partial charge in [0.15, 0.2) is 0 Å². The fourth-order valence-electron chi connectivity index (χ4n) is 0.821. The van der Waals surface area contributed by atoms with Crippen molar-refractivity contribution in [2.75, 3.05) is 0 Å². The fourth-order valence-corrected chi connectivity index (χ4v) is 1.23. The van der Waals surface area contributed by atoms with E-state index >= 15 is 0 Å². The molecule has 0 saturated heterocycles. The molecule has 0 spiro atoms. The molecule has 1 rings (SSSR count). The second-order valence-electron chi connectivity index (χ2n) is 3.79. The molecule has 0 bridgehead atoms. The van der Waals surface area contributed by atoms with Crippen molar-refractivity contribution in [2.45, 2.75) is 26.3 Å². The van der Waals surface area contributed by atoms with Gasteiger partial charge in [-0.3, -0.25) is 9.97 Å². The van der Waals surface area contributed by atoms with Crippen LogP contribution in [0.25, 0.3) is 0 Å². The molecular weight excluding hydrogens is 182 g/mol. The molecule has 70 valence electrons. The largest absolute Gasteiger partial charge is 0.370 e. The predicted octanol–water partition coefficient (Wildman–Crippen LogP) is 1.54. The number of hydrogen-bond acceptors (Lipinski definition) is 3. The van der Waals surface area contributed by atoms with Gasteiger partial charge in [0.1, 0.15) is 10.7 Å². The average molecular weight is 195 g/mol. The minimum Gasteiger partial charge on any atom is -0.370 e. The van der Waals surface area contributed by atoms with Crippen molar-refractivity contribution in [3.63, 3.8) is 0 Å². The van der Waals surface area contributed by atoms with Gasteiger partial charge < -0.3 is 5.32 Å². The molecule has 0 saturated carbocycles. The number of nitrogens with zero attached hydrogens (tertiary/aromatic N) is 2. The van der Waals surface area contributed by atoms with E-state index in [1.807, 2.05) is 0 Å². The summed E-state index contributed by atoms with van der Waals surface area (Å²) in [5, 5.41) is 3.16. The van der Waals surface area contributed by atoms with E-state index in [0.29, 0.717) is 10.7 Å². The Morgan fingerprint density at radius 1 is 1.38 bits per heavy atom. The van der Waals surface area contributed by atoms with E-state index in [4.69, 9.17) is 12.2 Å². The molecule has 4 heteroatoms. The highest BCUT2D eigenvalue weighted by Gasteiger charge is 2.12. The minimum absolute atomic E-state index is 0.0331. The van der Waals surface area contributed by atoms with Crippen molar-refractivity contribution < 1.29 is 0 Å². The third-order valence-electron chi connectivity index (χ3n) is 1.28. The summed E-state index contributed by atoms with van der Waals surface area (Å²) in [5.41, 5.74) is 0.682. The van der Waals surface area contributed by atoms with Gasteiger partial charge in [0.25, 0.3) is 0 Å². The zero-order valence-corrected chi connectivity index (χ0v) is 8.85.